The number of nitrogens with zero attached hydrogens (tertiary/aromatic N) is 3. The van der Waals surface area contributed by atoms with E-state index < -0.39 is 0 Å². The molecule has 5 heteroatoms. The zero-order valence-corrected chi connectivity index (χ0v) is 10.0. The molecule has 5 nitrogen and oxygen atoms in total. The van der Waals surface area contributed by atoms with E-state index in [1.165, 1.54) is 0 Å². The fraction of sp³-hybridized carbons (Fsp3) is 0.154. The Kier molecular flexibility index (Phi) is 3.39. The maximum atomic E-state index is 8.82. The highest BCUT2D eigenvalue weighted by molar-refractivity contribution is 5.46. The van der Waals surface area contributed by atoms with Gasteiger partial charge in [0.2, 0.25) is 5.95 Å². The predicted octanol–water partition coefficient (Wildman–Crippen LogP) is 1.85. The van der Waals surface area contributed by atoms with Crippen LogP contribution in [0, 0.1) is 18.3 Å². The second-order valence-corrected chi connectivity index (χ2v) is 3.93. The molecule has 0 amide bonds. The number of nitrogens with one attached hydrogen (secondary N) is 1. The Bertz CT molecular complexity index is 601. The predicted molar refractivity (Wildman–Crippen MR) is 69.7 cm³/mol. The second-order valence-electron chi connectivity index (χ2n) is 3.93. The van der Waals surface area contributed by atoms with E-state index in [-0.39, 0.29) is 5.95 Å². The molecule has 3 N–H and O–H groups in total. The molecule has 0 bridgehead atoms. The minimum absolute atomic E-state index is 0.244. The molecule has 90 valence electrons. The van der Waals surface area contributed by atoms with Crippen molar-refractivity contribution in [3.05, 3.63) is 47.2 Å². The number of aryl methyl sites for hydroxylation is 1. The molecule has 0 fully saturated rings. The molecule has 0 saturated carbocycles. The highest BCUT2D eigenvalue weighted by Crippen LogP contribution is 2.13. The molecule has 0 unspecified atom stereocenters. The Hall–Kier alpha value is -2.61. The Labute approximate surface area is 105 Å². The van der Waals surface area contributed by atoms with Crippen molar-refractivity contribution in [1.82, 2.24) is 9.97 Å². The minimum atomic E-state index is 0.244. The summed E-state index contributed by atoms with van der Waals surface area (Å²) in [6.45, 7) is 2.50. The van der Waals surface area contributed by atoms with E-state index in [4.69, 9.17) is 11.0 Å². The lowest BCUT2D eigenvalue weighted by Crippen LogP contribution is -2.06. The number of aromatic nitrogens is 2. The summed E-state index contributed by atoms with van der Waals surface area (Å²) in [5.74, 6) is 0.957. The SMILES string of the molecule is Cc1cnc(N)nc1NCc1cccc(C#N)c1. The van der Waals surface area contributed by atoms with E-state index in [2.05, 4.69) is 21.4 Å². The van der Waals surface area contributed by atoms with Gasteiger partial charge in [-0.2, -0.15) is 10.2 Å². The lowest BCUT2D eigenvalue weighted by molar-refractivity contribution is 1.07. The largest absolute Gasteiger partial charge is 0.368 e. The highest BCUT2D eigenvalue weighted by atomic mass is 15.1. The van der Waals surface area contributed by atoms with Crippen LogP contribution in [0.2, 0.25) is 0 Å². The fourth-order valence-corrected chi connectivity index (χ4v) is 1.57. The van der Waals surface area contributed by atoms with Crippen molar-refractivity contribution in [3.63, 3.8) is 0 Å². The van der Waals surface area contributed by atoms with Crippen molar-refractivity contribution < 1.29 is 0 Å². The zero-order valence-electron chi connectivity index (χ0n) is 10.0. The number of nitriles is 1. The number of rotatable bonds is 3. The van der Waals surface area contributed by atoms with Gasteiger partial charge in [0, 0.05) is 18.3 Å². The highest BCUT2D eigenvalue weighted by Gasteiger charge is 2.02. The molecule has 0 atom stereocenters. The fourth-order valence-electron chi connectivity index (χ4n) is 1.57. The topological polar surface area (TPSA) is 87.6 Å². The molecule has 2 rings (SSSR count). The lowest BCUT2D eigenvalue weighted by Gasteiger charge is -2.08. The normalized spacial score (nSPS) is 9.78. The Morgan fingerprint density at radius 2 is 2.28 bits per heavy atom. The number of hydrogen-bond donors (Lipinski definition) is 2. The van der Waals surface area contributed by atoms with Crippen LogP contribution in [0.15, 0.2) is 30.5 Å². The molecule has 0 aliphatic heterocycles. The van der Waals surface area contributed by atoms with Gasteiger partial charge < -0.3 is 11.1 Å². The lowest BCUT2D eigenvalue weighted by atomic mass is 10.1. The first-order valence-corrected chi connectivity index (χ1v) is 5.51. The quantitative estimate of drug-likeness (QED) is 0.853. The summed E-state index contributed by atoms with van der Waals surface area (Å²) in [6.07, 6.45) is 1.68. The van der Waals surface area contributed by atoms with Gasteiger partial charge in [0.25, 0.3) is 0 Å². The maximum Gasteiger partial charge on any atom is 0.221 e. The van der Waals surface area contributed by atoms with Crippen LogP contribution in [0.5, 0.6) is 0 Å². The van der Waals surface area contributed by atoms with Crippen LogP contribution in [-0.2, 0) is 6.54 Å². The van der Waals surface area contributed by atoms with Crippen LogP contribution in [0.3, 0.4) is 0 Å². The maximum absolute atomic E-state index is 8.82. The number of anilines is 2. The summed E-state index contributed by atoms with van der Waals surface area (Å²) in [4.78, 5) is 8.03. The molecule has 0 aliphatic rings. The average Bonchev–Trinajstić information content (AvgIpc) is 2.40. The van der Waals surface area contributed by atoms with Crippen molar-refractivity contribution in [2.45, 2.75) is 13.5 Å². The van der Waals surface area contributed by atoms with Gasteiger partial charge in [-0.1, -0.05) is 12.1 Å². The number of nitrogens with two attached hydrogens (primary N) is 1. The van der Waals surface area contributed by atoms with Crippen molar-refractivity contribution in [2.75, 3.05) is 11.1 Å². The third-order valence-electron chi connectivity index (χ3n) is 2.51. The van der Waals surface area contributed by atoms with Crippen molar-refractivity contribution in [2.24, 2.45) is 0 Å². The number of benzene rings is 1. The monoisotopic (exact) mass is 239 g/mol. The van der Waals surface area contributed by atoms with Gasteiger partial charge in [-0.25, -0.2) is 4.98 Å². The molecule has 0 radical (unpaired) electrons. The molecular formula is C13H13N5. The first-order chi connectivity index (χ1) is 8.69. The van der Waals surface area contributed by atoms with Gasteiger partial charge in [-0.05, 0) is 24.6 Å². The van der Waals surface area contributed by atoms with Crippen molar-refractivity contribution in [3.8, 4) is 6.07 Å². The third kappa shape index (κ3) is 2.74. The molecule has 1 heterocycles. The Morgan fingerprint density at radius 1 is 1.44 bits per heavy atom. The molecule has 0 saturated heterocycles. The first-order valence-electron chi connectivity index (χ1n) is 5.51. The number of hydrogen-bond acceptors (Lipinski definition) is 5. The van der Waals surface area contributed by atoms with Crippen LogP contribution in [0.1, 0.15) is 16.7 Å². The Morgan fingerprint density at radius 3 is 3.06 bits per heavy atom. The van der Waals surface area contributed by atoms with Crippen LogP contribution >= 0.6 is 0 Å². The van der Waals surface area contributed by atoms with E-state index in [0.717, 1.165) is 11.1 Å². The first kappa shape index (κ1) is 11.9. The molecule has 0 aliphatic carbocycles. The molecule has 18 heavy (non-hydrogen) atoms. The summed E-state index contributed by atoms with van der Waals surface area (Å²) in [5.41, 5.74) is 8.13. The summed E-state index contributed by atoms with van der Waals surface area (Å²) in [7, 11) is 0. The van der Waals surface area contributed by atoms with Gasteiger partial charge >= 0.3 is 0 Å². The summed E-state index contributed by atoms with van der Waals surface area (Å²) in [5, 5.41) is 12.0. The van der Waals surface area contributed by atoms with Crippen LogP contribution < -0.4 is 11.1 Å². The van der Waals surface area contributed by atoms with E-state index in [9.17, 15) is 0 Å². The van der Waals surface area contributed by atoms with E-state index >= 15 is 0 Å². The summed E-state index contributed by atoms with van der Waals surface area (Å²) >= 11 is 0. The third-order valence-corrected chi connectivity index (χ3v) is 2.51. The number of nitrogen functional groups attached to an aromatic ring is 1. The van der Waals surface area contributed by atoms with Crippen LogP contribution in [-0.4, -0.2) is 9.97 Å². The minimum Gasteiger partial charge on any atom is -0.368 e. The van der Waals surface area contributed by atoms with Crippen molar-refractivity contribution in [1.29, 1.82) is 5.26 Å². The smallest absolute Gasteiger partial charge is 0.221 e. The Balaban J connectivity index is 2.11. The molecule has 2 aromatic rings. The van der Waals surface area contributed by atoms with Gasteiger partial charge in [-0.15, -0.1) is 0 Å². The van der Waals surface area contributed by atoms with Crippen LogP contribution in [0.4, 0.5) is 11.8 Å². The average molecular weight is 239 g/mol. The van der Waals surface area contributed by atoms with E-state index in [0.29, 0.717) is 17.9 Å². The van der Waals surface area contributed by atoms with E-state index in [1.807, 2.05) is 25.1 Å². The zero-order chi connectivity index (χ0) is 13.0. The molecular weight excluding hydrogens is 226 g/mol. The van der Waals surface area contributed by atoms with Crippen molar-refractivity contribution >= 4 is 11.8 Å². The standard InChI is InChI=1S/C13H13N5/c1-9-7-17-13(15)18-12(9)16-8-11-4-2-3-10(5-11)6-14/h2-5,7H,8H2,1H3,(H3,15,16,17,18). The summed E-state index contributed by atoms with van der Waals surface area (Å²) in [6, 6.07) is 9.54. The van der Waals surface area contributed by atoms with Crippen LogP contribution in [0.25, 0.3) is 0 Å². The summed E-state index contributed by atoms with van der Waals surface area (Å²) < 4.78 is 0. The van der Waals surface area contributed by atoms with E-state index in [1.54, 1.807) is 12.3 Å². The van der Waals surface area contributed by atoms with Gasteiger partial charge in [0.05, 0.1) is 11.6 Å². The molecule has 1 aromatic carbocycles. The van der Waals surface area contributed by atoms with Gasteiger partial charge in [0.1, 0.15) is 5.82 Å². The second kappa shape index (κ2) is 5.15. The molecule has 1 aromatic heterocycles. The molecule has 0 spiro atoms. The van der Waals surface area contributed by atoms with Gasteiger partial charge in [-0.3, -0.25) is 0 Å². The van der Waals surface area contributed by atoms with Gasteiger partial charge in [0.15, 0.2) is 0 Å².